The second-order valence-corrected chi connectivity index (χ2v) is 2.32. The average Bonchev–Trinajstić information content (AvgIpc) is 2.37. The number of hydrogen-bond acceptors (Lipinski definition) is 4. The Morgan fingerprint density at radius 3 is 2.82 bits per heavy atom. The van der Waals surface area contributed by atoms with Crippen LogP contribution in [0.4, 0.5) is 0 Å². The predicted molar refractivity (Wildman–Crippen MR) is 38.3 cm³/mol. The van der Waals surface area contributed by atoms with Crippen LogP contribution in [0.15, 0.2) is 4.52 Å². The van der Waals surface area contributed by atoms with Crippen molar-refractivity contribution in [2.24, 2.45) is 0 Å². The molecule has 11 heavy (non-hydrogen) atoms. The number of aryl methyl sites for hydroxylation is 1. The molecule has 1 rings (SSSR count). The maximum absolute atomic E-state index is 10.7. The van der Waals surface area contributed by atoms with Crippen molar-refractivity contribution in [3.63, 3.8) is 0 Å². The van der Waals surface area contributed by atoms with Crippen LogP contribution in [-0.2, 0) is 6.42 Å². The fraction of sp³-hybridized carbons (Fsp3) is 0.571. The third-order valence-electron chi connectivity index (χ3n) is 1.24. The van der Waals surface area contributed by atoms with E-state index in [1.54, 1.807) is 0 Å². The third kappa shape index (κ3) is 1.86. The molecule has 0 radical (unpaired) electrons. The van der Waals surface area contributed by atoms with Crippen molar-refractivity contribution in [3.8, 4) is 0 Å². The van der Waals surface area contributed by atoms with E-state index in [9.17, 15) is 4.79 Å². The maximum atomic E-state index is 10.7. The van der Waals surface area contributed by atoms with Crippen molar-refractivity contribution < 1.29 is 9.32 Å². The molecule has 0 N–H and O–H groups in total. The Bertz CT molecular complexity index is 255. The Hall–Kier alpha value is -1.19. The highest BCUT2D eigenvalue weighted by Crippen LogP contribution is 1.99. The lowest BCUT2D eigenvalue weighted by Gasteiger charge is -1.82. The van der Waals surface area contributed by atoms with Gasteiger partial charge in [0.25, 0.3) is 5.89 Å². The van der Waals surface area contributed by atoms with E-state index in [-0.39, 0.29) is 11.7 Å². The molecule has 4 nitrogen and oxygen atoms in total. The quantitative estimate of drug-likeness (QED) is 0.614. The summed E-state index contributed by atoms with van der Waals surface area (Å²) < 4.78 is 4.67. The Balaban J connectivity index is 2.73. The van der Waals surface area contributed by atoms with Crippen LogP contribution in [-0.4, -0.2) is 15.9 Å². The number of rotatable bonds is 3. The number of nitrogens with zero attached hydrogens (tertiary/aromatic N) is 2. The van der Waals surface area contributed by atoms with Gasteiger partial charge in [0.05, 0.1) is 0 Å². The Morgan fingerprint density at radius 1 is 1.64 bits per heavy atom. The van der Waals surface area contributed by atoms with Crippen molar-refractivity contribution in [2.45, 2.75) is 26.7 Å². The van der Waals surface area contributed by atoms with Crippen molar-refractivity contribution in [1.82, 2.24) is 10.1 Å². The van der Waals surface area contributed by atoms with Crippen LogP contribution in [0, 0.1) is 0 Å². The Labute approximate surface area is 64.6 Å². The lowest BCUT2D eigenvalue weighted by atomic mass is 10.3. The zero-order valence-corrected chi connectivity index (χ0v) is 6.63. The molecule has 0 aliphatic carbocycles. The largest absolute Gasteiger partial charge is 0.331 e. The van der Waals surface area contributed by atoms with E-state index in [4.69, 9.17) is 0 Å². The highest BCUT2D eigenvalue weighted by atomic mass is 16.5. The van der Waals surface area contributed by atoms with Gasteiger partial charge in [-0.3, -0.25) is 4.79 Å². The van der Waals surface area contributed by atoms with Gasteiger partial charge in [-0.25, -0.2) is 0 Å². The molecule has 0 fully saturated rings. The molecule has 4 heteroatoms. The second-order valence-electron chi connectivity index (χ2n) is 2.32. The second kappa shape index (κ2) is 3.27. The molecule has 1 aromatic rings. The van der Waals surface area contributed by atoms with Gasteiger partial charge < -0.3 is 4.52 Å². The summed E-state index contributed by atoms with van der Waals surface area (Å²) in [4.78, 5) is 14.5. The highest BCUT2D eigenvalue weighted by Gasteiger charge is 2.08. The summed E-state index contributed by atoms with van der Waals surface area (Å²) in [5, 5.41) is 3.62. The third-order valence-corrected chi connectivity index (χ3v) is 1.24. The van der Waals surface area contributed by atoms with E-state index < -0.39 is 0 Å². The van der Waals surface area contributed by atoms with Crippen molar-refractivity contribution in [1.29, 1.82) is 0 Å². The number of hydrogen-bond donors (Lipinski definition) is 0. The summed E-state index contributed by atoms with van der Waals surface area (Å²) in [6, 6.07) is 0. The molecule has 0 spiro atoms. The van der Waals surface area contributed by atoms with Crippen LogP contribution in [0.5, 0.6) is 0 Å². The predicted octanol–water partition coefficient (Wildman–Crippen LogP) is 1.22. The van der Waals surface area contributed by atoms with Crippen molar-refractivity contribution >= 4 is 5.78 Å². The van der Waals surface area contributed by atoms with Gasteiger partial charge >= 0.3 is 0 Å². The van der Waals surface area contributed by atoms with Crippen LogP contribution < -0.4 is 0 Å². The van der Waals surface area contributed by atoms with Crippen molar-refractivity contribution in [3.05, 3.63) is 11.7 Å². The molecule has 0 unspecified atom stereocenters. The molecular weight excluding hydrogens is 144 g/mol. The first-order valence-corrected chi connectivity index (χ1v) is 3.57. The monoisotopic (exact) mass is 154 g/mol. The zero-order chi connectivity index (χ0) is 8.27. The molecule has 0 saturated carbocycles. The number of ketones is 1. The number of Topliss-reactive ketones (excluding diaryl/α,β-unsaturated/α-hetero) is 1. The van der Waals surface area contributed by atoms with E-state index in [2.05, 4.69) is 14.7 Å². The molecule has 0 amide bonds. The van der Waals surface area contributed by atoms with Gasteiger partial charge in [-0.05, 0) is 6.42 Å². The Morgan fingerprint density at radius 2 is 2.36 bits per heavy atom. The molecule has 1 aromatic heterocycles. The molecule has 0 saturated heterocycles. The molecule has 0 atom stereocenters. The van der Waals surface area contributed by atoms with E-state index in [0.29, 0.717) is 5.82 Å². The smallest absolute Gasteiger partial charge is 0.293 e. The first-order valence-electron chi connectivity index (χ1n) is 3.57. The topological polar surface area (TPSA) is 56.0 Å². The highest BCUT2D eigenvalue weighted by molar-refractivity contribution is 5.89. The molecule has 0 aliphatic rings. The number of carbonyl (C=O) groups is 1. The van der Waals surface area contributed by atoms with Gasteiger partial charge in [-0.2, -0.15) is 4.98 Å². The van der Waals surface area contributed by atoms with Gasteiger partial charge in [-0.1, -0.05) is 12.1 Å². The fourth-order valence-electron chi connectivity index (χ4n) is 0.722. The van der Waals surface area contributed by atoms with Crippen LogP contribution >= 0.6 is 0 Å². The number of carbonyl (C=O) groups excluding carboxylic acids is 1. The minimum atomic E-state index is -0.181. The average molecular weight is 154 g/mol. The summed E-state index contributed by atoms with van der Waals surface area (Å²) >= 11 is 0. The minimum absolute atomic E-state index is 0.105. The number of aromatic nitrogens is 2. The summed E-state index contributed by atoms with van der Waals surface area (Å²) in [7, 11) is 0. The van der Waals surface area contributed by atoms with Gasteiger partial charge in [0.1, 0.15) is 0 Å². The molecule has 1 heterocycles. The SMILES string of the molecule is CCCc1noc(C(C)=O)n1. The van der Waals surface area contributed by atoms with Crippen LogP contribution in [0.3, 0.4) is 0 Å². The lowest BCUT2D eigenvalue weighted by molar-refractivity contribution is 0.0972. The summed E-state index contributed by atoms with van der Waals surface area (Å²) in [5.41, 5.74) is 0. The minimum Gasteiger partial charge on any atom is -0.331 e. The normalized spacial score (nSPS) is 10.0. The van der Waals surface area contributed by atoms with Crippen molar-refractivity contribution in [2.75, 3.05) is 0 Å². The van der Waals surface area contributed by atoms with Crippen LogP contribution in [0.1, 0.15) is 36.8 Å². The van der Waals surface area contributed by atoms with Gasteiger partial charge in [0.15, 0.2) is 5.82 Å². The molecule has 0 bridgehead atoms. The first-order chi connectivity index (χ1) is 5.24. The van der Waals surface area contributed by atoms with Gasteiger partial charge in [0.2, 0.25) is 5.78 Å². The molecule has 0 aromatic carbocycles. The van der Waals surface area contributed by atoms with Crippen LogP contribution in [0.25, 0.3) is 0 Å². The summed E-state index contributed by atoms with van der Waals surface area (Å²) in [5.74, 6) is 0.533. The Kier molecular flexibility index (Phi) is 2.36. The molecule has 60 valence electrons. The summed E-state index contributed by atoms with van der Waals surface area (Å²) in [6.45, 7) is 3.42. The van der Waals surface area contributed by atoms with E-state index in [1.165, 1.54) is 6.92 Å². The maximum Gasteiger partial charge on any atom is 0.293 e. The first kappa shape index (κ1) is 7.91. The molecular formula is C7H10N2O2. The summed E-state index contributed by atoms with van der Waals surface area (Å²) in [6.07, 6.45) is 1.72. The zero-order valence-electron chi connectivity index (χ0n) is 6.63. The lowest BCUT2D eigenvalue weighted by Crippen LogP contribution is -1.92. The van der Waals surface area contributed by atoms with E-state index >= 15 is 0 Å². The standard InChI is InChI=1S/C7H10N2O2/c1-3-4-6-8-7(5(2)10)11-9-6/h3-4H2,1-2H3. The van der Waals surface area contributed by atoms with Gasteiger partial charge in [0, 0.05) is 13.3 Å². The fourth-order valence-corrected chi connectivity index (χ4v) is 0.722. The van der Waals surface area contributed by atoms with E-state index in [0.717, 1.165) is 12.8 Å². The van der Waals surface area contributed by atoms with E-state index in [1.807, 2.05) is 6.92 Å². The molecule has 0 aliphatic heterocycles. The van der Waals surface area contributed by atoms with Gasteiger partial charge in [-0.15, -0.1) is 0 Å². The van der Waals surface area contributed by atoms with Crippen LogP contribution in [0.2, 0.25) is 0 Å².